The molecule has 0 bridgehead atoms. The topological polar surface area (TPSA) is 68.5 Å². The predicted octanol–water partition coefficient (Wildman–Crippen LogP) is 4.64. The first-order valence-electron chi connectivity index (χ1n) is 8.95. The fraction of sp³-hybridized carbons (Fsp3) is 0.300. The number of benzene rings is 2. The molecule has 1 heterocycles. The van der Waals surface area contributed by atoms with Crippen molar-refractivity contribution in [3.8, 4) is 0 Å². The first-order valence-corrected chi connectivity index (χ1v) is 13.1. The van der Waals surface area contributed by atoms with Crippen LogP contribution in [0, 0.1) is 0 Å². The van der Waals surface area contributed by atoms with Crippen LogP contribution in [-0.2, 0) is 16.4 Å². The number of hydrogen-bond acceptors (Lipinski definition) is 5. The van der Waals surface area contributed by atoms with Crippen molar-refractivity contribution < 1.29 is 13.2 Å². The zero-order chi connectivity index (χ0) is 21.2. The summed E-state index contributed by atoms with van der Waals surface area (Å²) in [7, 11) is -3.47. The molecule has 2 aromatic carbocycles. The highest BCUT2D eigenvalue weighted by Gasteiger charge is 2.20. The summed E-state index contributed by atoms with van der Waals surface area (Å²) in [5, 5.41) is 0.0612. The minimum atomic E-state index is -3.47. The van der Waals surface area contributed by atoms with Crippen LogP contribution in [0.1, 0.15) is 24.2 Å². The largest absolute Gasteiger partial charge is 0.316 e. The number of fused-ring (bicyclic) bond motifs is 1. The summed E-state index contributed by atoms with van der Waals surface area (Å²) in [5.74, 6) is 0.402. The van der Waals surface area contributed by atoms with Crippen LogP contribution in [0.4, 0.5) is 0 Å². The van der Waals surface area contributed by atoms with E-state index in [4.69, 9.17) is 11.6 Å². The van der Waals surface area contributed by atoms with E-state index < -0.39 is 21.0 Å². The number of carbonyl (C=O) groups excluding carboxylic acids is 1. The molecule has 5 nitrogen and oxygen atoms in total. The van der Waals surface area contributed by atoms with E-state index in [1.807, 2.05) is 29.0 Å². The summed E-state index contributed by atoms with van der Waals surface area (Å²) in [4.78, 5) is 17.8. The molecule has 0 N–H and O–H groups in total. The number of hydrogen-bond donors (Lipinski definition) is 0. The van der Waals surface area contributed by atoms with E-state index in [0.29, 0.717) is 16.4 Å². The molecule has 0 unspecified atom stereocenters. The van der Waals surface area contributed by atoms with Gasteiger partial charge in [0.05, 0.1) is 20.4 Å². The normalized spacial score (nSPS) is 12.8. The van der Waals surface area contributed by atoms with Crippen molar-refractivity contribution in [3.63, 3.8) is 0 Å². The lowest BCUT2D eigenvalue weighted by molar-refractivity contribution is 0.0997. The Morgan fingerprint density at radius 3 is 2.69 bits per heavy atom. The van der Waals surface area contributed by atoms with E-state index in [0.717, 1.165) is 16.0 Å². The van der Waals surface area contributed by atoms with Gasteiger partial charge in [-0.15, -0.1) is 0 Å². The van der Waals surface area contributed by atoms with Crippen molar-refractivity contribution in [1.29, 1.82) is 0 Å². The number of halogens is 1. The second-order valence-corrected chi connectivity index (χ2v) is 11.6. The molecule has 1 aromatic heterocycles. The molecule has 0 radical (unpaired) electrons. The summed E-state index contributed by atoms with van der Waals surface area (Å²) >= 11 is 9.21. The van der Waals surface area contributed by atoms with Crippen molar-refractivity contribution in [2.45, 2.75) is 30.5 Å². The SMILES string of the molecule is CSCCn1c(=NC(=O)c2cccc(S(=O)(=O)C(C)C)c2)sc2cc(Cl)ccc21. The van der Waals surface area contributed by atoms with Crippen molar-refractivity contribution in [1.82, 2.24) is 4.57 Å². The Bertz CT molecular complexity index is 1230. The zero-order valence-electron chi connectivity index (χ0n) is 16.3. The summed E-state index contributed by atoms with van der Waals surface area (Å²) in [6.45, 7) is 3.94. The van der Waals surface area contributed by atoms with Gasteiger partial charge in [0.1, 0.15) is 0 Å². The second-order valence-electron chi connectivity index (χ2n) is 6.68. The summed E-state index contributed by atoms with van der Waals surface area (Å²) < 4.78 is 27.8. The van der Waals surface area contributed by atoms with E-state index in [2.05, 4.69) is 4.99 Å². The van der Waals surface area contributed by atoms with Gasteiger partial charge in [-0.05, 0) is 56.5 Å². The molecule has 0 aliphatic heterocycles. The first kappa shape index (κ1) is 22.1. The van der Waals surface area contributed by atoms with Crippen LogP contribution in [0.2, 0.25) is 5.02 Å². The van der Waals surface area contributed by atoms with Crippen LogP contribution < -0.4 is 4.80 Å². The van der Waals surface area contributed by atoms with Gasteiger partial charge in [-0.2, -0.15) is 16.8 Å². The Hall–Kier alpha value is -1.61. The maximum atomic E-state index is 12.8. The minimum absolute atomic E-state index is 0.131. The number of carbonyl (C=O) groups is 1. The summed E-state index contributed by atoms with van der Waals surface area (Å²) in [6.07, 6.45) is 2.02. The number of aryl methyl sites for hydroxylation is 1. The molecule has 1 amide bonds. The molecular formula is C20H21ClN2O3S3. The van der Waals surface area contributed by atoms with E-state index >= 15 is 0 Å². The molecule has 0 atom stereocenters. The van der Waals surface area contributed by atoms with Crippen molar-refractivity contribution in [2.24, 2.45) is 4.99 Å². The van der Waals surface area contributed by atoms with Crippen molar-refractivity contribution >= 4 is 60.7 Å². The number of rotatable bonds is 6. The van der Waals surface area contributed by atoms with E-state index in [9.17, 15) is 13.2 Å². The monoisotopic (exact) mass is 468 g/mol. The molecular weight excluding hydrogens is 448 g/mol. The Balaban J connectivity index is 2.08. The fourth-order valence-corrected chi connectivity index (χ4v) is 5.56. The molecule has 29 heavy (non-hydrogen) atoms. The van der Waals surface area contributed by atoms with E-state index in [1.54, 1.807) is 37.7 Å². The Morgan fingerprint density at radius 1 is 1.24 bits per heavy atom. The van der Waals surface area contributed by atoms with Crippen LogP contribution in [0.25, 0.3) is 10.2 Å². The highest BCUT2D eigenvalue weighted by atomic mass is 35.5. The lowest BCUT2D eigenvalue weighted by Crippen LogP contribution is -2.18. The van der Waals surface area contributed by atoms with Gasteiger partial charge in [0, 0.05) is 22.9 Å². The van der Waals surface area contributed by atoms with Gasteiger partial charge in [-0.3, -0.25) is 4.79 Å². The van der Waals surface area contributed by atoms with Crippen molar-refractivity contribution in [3.05, 3.63) is 57.9 Å². The molecule has 0 saturated heterocycles. The maximum absolute atomic E-state index is 12.8. The van der Waals surface area contributed by atoms with Crippen LogP contribution in [0.3, 0.4) is 0 Å². The van der Waals surface area contributed by atoms with Gasteiger partial charge in [0.2, 0.25) is 0 Å². The van der Waals surface area contributed by atoms with E-state index in [1.165, 1.54) is 23.5 Å². The number of sulfone groups is 1. The molecule has 0 saturated carbocycles. The van der Waals surface area contributed by atoms with Gasteiger partial charge in [-0.1, -0.05) is 29.0 Å². The van der Waals surface area contributed by atoms with Crippen LogP contribution in [0.15, 0.2) is 52.4 Å². The molecule has 3 rings (SSSR count). The minimum Gasteiger partial charge on any atom is -0.316 e. The molecule has 9 heteroatoms. The smallest absolute Gasteiger partial charge is 0.279 e. The summed E-state index contributed by atoms with van der Waals surface area (Å²) in [6, 6.07) is 11.7. The third kappa shape index (κ3) is 4.77. The van der Waals surface area contributed by atoms with Gasteiger partial charge < -0.3 is 4.57 Å². The van der Waals surface area contributed by atoms with E-state index in [-0.39, 0.29) is 10.5 Å². The third-order valence-corrected chi connectivity index (χ3v) is 8.41. The lowest BCUT2D eigenvalue weighted by Gasteiger charge is -2.08. The number of nitrogens with zero attached hydrogens (tertiary/aromatic N) is 2. The van der Waals surface area contributed by atoms with Gasteiger partial charge in [0.25, 0.3) is 5.91 Å². The quantitative estimate of drug-likeness (QED) is 0.528. The molecule has 0 fully saturated rings. The van der Waals surface area contributed by atoms with Crippen LogP contribution in [0.5, 0.6) is 0 Å². The molecule has 0 spiro atoms. The number of thioether (sulfide) groups is 1. The van der Waals surface area contributed by atoms with Gasteiger partial charge in [-0.25, -0.2) is 8.42 Å². The zero-order valence-corrected chi connectivity index (χ0v) is 19.5. The van der Waals surface area contributed by atoms with Crippen LogP contribution >= 0.6 is 34.7 Å². The highest BCUT2D eigenvalue weighted by molar-refractivity contribution is 7.98. The number of aromatic nitrogens is 1. The lowest BCUT2D eigenvalue weighted by atomic mass is 10.2. The first-order chi connectivity index (χ1) is 13.7. The molecule has 154 valence electrons. The third-order valence-electron chi connectivity index (χ3n) is 4.39. The molecule has 3 aromatic rings. The maximum Gasteiger partial charge on any atom is 0.279 e. The average molecular weight is 469 g/mol. The molecule has 0 aliphatic carbocycles. The molecule has 0 aliphatic rings. The Morgan fingerprint density at radius 2 is 2.00 bits per heavy atom. The van der Waals surface area contributed by atoms with Gasteiger partial charge >= 0.3 is 0 Å². The second kappa shape index (κ2) is 9.04. The predicted molar refractivity (Wildman–Crippen MR) is 122 cm³/mol. The summed E-state index contributed by atoms with van der Waals surface area (Å²) in [5.41, 5.74) is 1.22. The highest BCUT2D eigenvalue weighted by Crippen LogP contribution is 2.22. The average Bonchev–Trinajstić information content (AvgIpc) is 3.02. The number of amides is 1. The Kier molecular flexibility index (Phi) is 6.88. The number of thiazole rings is 1. The van der Waals surface area contributed by atoms with Gasteiger partial charge in [0.15, 0.2) is 14.6 Å². The Labute approximate surface area is 183 Å². The standard InChI is InChI=1S/C20H21ClN2O3S3/c1-13(2)29(25,26)16-6-4-5-14(11-16)19(24)22-20-23(9-10-27-3)17-8-7-15(21)12-18(17)28-20/h4-8,11-13H,9-10H2,1-3H3. The van der Waals surface area contributed by atoms with Crippen molar-refractivity contribution in [2.75, 3.05) is 12.0 Å². The fourth-order valence-electron chi connectivity index (χ4n) is 2.76. The van der Waals surface area contributed by atoms with Crippen LogP contribution in [-0.4, -0.2) is 36.2 Å².